The van der Waals surface area contributed by atoms with Gasteiger partial charge in [-0.05, 0) is 51.1 Å². The molecule has 1 heterocycles. The highest BCUT2D eigenvalue weighted by molar-refractivity contribution is 4.86. The lowest BCUT2D eigenvalue weighted by atomic mass is 9.76. The second kappa shape index (κ2) is 5.72. The van der Waals surface area contributed by atoms with Gasteiger partial charge in [0.15, 0.2) is 0 Å². The summed E-state index contributed by atoms with van der Waals surface area (Å²) in [7, 11) is 0. The van der Waals surface area contributed by atoms with Crippen LogP contribution in [-0.4, -0.2) is 25.7 Å². The molecule has 0 radical (unpaired) electrons. The van der Waals surface area contributed by atoms with Gasteiger partial charge in [-0.15, -0.1) is 0 Å². The van der Waals surface area contributed by atoms with Crippen LogP contribution < -0.4 is 10.6 Å². The Morgan fingerprint density at radius 1 is 1.29 bits per heavy atom. The molecule has 1 aliphatic rings. The van der Waals surface area contributed by atoms with Crippen LogP contribution in [0.3, 0.4) is 0 Å². The standard InChI is InChI=1S/C12H26N2/c1-4-11(3)14-10-12(5-2)6-8-13-9-7-12/h11,13-14H,4-10H2,1-3H3. The third-order valence-corrected chi connectivity index (χ3v) is 3.85. The van der Waals surface area contributed by atoms with Crippen molar-refractivity contribution in [1.82, 2.24) is 10.6 Å². The fourth-order valence-electron chi connectivity index (χ4n) is 2.15. The fourth-order valence-corrected chi connectivity index (χ4v) is 2.15. The first-order chi connectivity index (χ1) is 6.72. The molecule has 0 amide bonds. The maximum absolute atomic E-state index is 3.67. The van der Waals surface area contributed by atoms with E-state index in [0.29, 0.717) is 11.5 Å². The van der Waals surface area contributed by atoms with Crippen LogP contribution in [-0.2, 0) is 0 Å². The van der Waals surface area contributed by atoms with E-state index in [1.165, 1.54) is 45.3 Å². The Hall–Kier alpha value is -0.0800. The van der Waals surface area contributed by atoms with Crippen molar-refractivity contribution in [2.45, 2.75) is 52.5 Å². The summed E-state index contributed by atoms with van der Waals surface area (Å²) in [6, 6.07) is 0.674. The van der Waals surface area contributed by atoms with Crippen LogP contribution in [0.4, 0.5) is 0 Å². The molecule has 2 N–H and O–H groups in total. The molecule has 1 aliphatic heterocycles. The van der Waals surface area contributed by atoms with Crippen molar-refractivity contribution in [3.63, 3.8) is 0 Å². The maximum atomic E-state index is 3.67. The minimum atomic E-state index is 0.578. The zero-order valence-electron chi connectivity index (χ0n) is 10.0. The Bertz CT molecular complexity index is 150. The normalized spacial score (nSPS) is 23.4. The van der Waals surface area contributed by atoms with E-state index in [2.05, 4.69) is 31.4 Å². The molecule has 0 aromatic heterocycles. The summed E-state index contributed by atoms with van der Waals surface area (Å²) < 4.78 is 0. The Morgan fingerprint density at radius 3 is 2.43 bits per heavy atom. The van der Waals surface area contributed by atoms with E-state index < -0.39 is 0 Å². The van der Waals surface area contributed by atoms with Crippen molar-refractivity contribution < 1.29 is 0 Å². The lowest BCUT2D eigenvalue weighted by molar-refractivity contribution is 0.180. The summed E-state index contributed by atoms with van der Waals surface area (Å²) in [4.78, 5) is 0. The quantitative estimate of drug-likeness (QED) is 0.707. The van der Waals surface area contributed by atoms with Crippen LogP contribution in [0, 0.1) is 5.41 Å². The van der Waals surface area contributed by atoms with E-state index in [0.717, 1.165) is 0 Å². The van der Waals surface area contributed by atoms with E-state index in [1.807, 2.05) is 0 Å². The largest absolute Gasteiger partial charge is 0.317 e. The summed E-state index contributed by atoms with van der Waals surface area (Å²) in [6.45, 7) is 10.5. The van der Waals surface area contributed by atoms with Crippen molar-refractivity contribution in [1.29, 1.82) is 0 Å². The topological polar surface area (TPSA) is 24.1 Å². The average molecular weight is 198 g/mol. The fraction of sp³-hybridized carbons (Fsp3) is 1.00. The highest BCUT2D eigenvalue weighted by Crippen LogP contribution is 2.31. The molecule has 1 atom stereocenters. The molecule has 0 aromatic rings. The van der Waals surface area contributed by atoms with Crippen LogP contribution in [0.1, 0.15) is 46.5 Å². The van der Waals surface area contributed by atoms with Crippen molar-refractivity contribution in [3.05, 3.63) is 0 Å². The van der Waals surface area contributed by atoms with Crippen molar-refractivity contribution in [3.8, 4) is 0 Å². The summed E-state index contributed by atoms with van der Waals surface area (Å²) in [5.41, 5.74) is 0.578. The Labute approximate surface area is 88.8 Å². The van der Waals surface area contributed by atoms with Crippen LogP contribution in [0.25, 0.3) is 0 Å². The lowest BCUT2D eigenvalue weighted by Gasteiger charge is -2.38. The number of nitrogens with one attached hydrogen (secondary N) is 2. The van der Waals surface area contributed by atoms with Gasteiger partial charge in [0, 0.05) is 12.6 Å². The van der Waals surface area contributed by atoms with Crippen molar-refractivity contribution in [2.75, 3.05) is 19.6 Å². The number of piperidine rings is 1. The SMILES string of the molecule is CCC(C)NCC1(CC)CCNCC1. The average Bonchev–Trinajstić information content (AvgIpc) is 2.27. The van der Waals surface area contributed by atoms with Crippen molar-refractivity contribution >= 4 is 0 Å². The zero-order chi connectivity index (χ0) is 10.4. The zero-order valence-corrected chi connectivity index (χ0v) is 10.0. The van der Waals surface area contributed by atoms with Crippen LogP contribution in [0.2, 0.25) is 0 Å². The van der Waals surface area contributed by atoms with Gasteiger partial charge in [-0.1, -0.05) is 13.8 Å². The molecular weight excluding hydrogens is 172 g/mol. The van der Waals surface area contributed by atoms with E-state index in [1.54, 1.807) is 0 Å². The summed E-state index contributed by atoms with van der Waals surface area (Å²) in [6.07, 6.45) is 5.23. The maximum Gasteiger partial charge on any atom is 0.00363 e. The summed E-state index contributed by atoms with van der Waals surface area (Å²) in [5, 5.41) is 7.11. The van der Waals surface area contributed by atoms with Crippen LogP contribution >= 0.6 is 0 Å². The van der Waals surface area contributed by atoms with E-state index in [9.17, 15) is 0 Å². The van der Waals surface area contributed by atoms with Gasteiger partial charge in [0.2, 0.25) is 0 Å². The van der Waals surface area contributed by atoms with Gasteiger partial charge >= 0.3 is 0 Å². The molecule has 0 saturated carbocycles. The Kier molecular flexibility index (Phi) is 4.90. The second-order valence-corrected chi connectivity index (χ2v) is 4.79. The van der Waals surface area contributed by atoms with Crippen molar-refractivity contribution in [2.24, 2.45) is 5.41 Å². The molecule has 2 nitrogen and oxygen atoms in total. The number of hydrogen-bond acceptors (Lipinski definition) is 2. The first-order valence-corrected chi connectivity index (χ1v) is 6.16. The predicted molar refractivity (Wildman–Crippen MR) is 62.6 cm³/mol. The molecule has 0 aliphatic carbocycles. The van der Waals surface area contributed by atoms with Gasteiger partial charge in [0.25, 0.3) is 0 Å². The highest BCUT2D eigenvalue weighted by Gasteiger charge is 2.29. The summed E-state index contributed by atoms with van der Waals surface area (Å²) >= 11 is 0. The second-order valence-electron chi connectivity index (χ2n) is 4.79. The van der Waals surface area contributed by atoms with Gasteiger partial charge < -0.3 is 10.6 Å². The third-order valence-electron chi connectivity index (χ3n) is 3.85. The molecule has 0 aromatic carbocycles. The van der Waals surface area contributed by atoms with Crippen LogP contribution in [0.5, 0.6) is 0 Å². The monoisotopic (exact) mass is 198 g/mol. The molecule has 1 unspecified atom stereocenters. The Balaban J connectivity index is 2.36. The lowest BCUT2D eigenvalue weighted by Crippen LogP contribution is -2.44. The Morgan fingerprint density at radius 2 is 1.93 bits per heavy atom. The summed E-state index contributed by atoms with van der Waals surface area (Å²) in [5.74, 6) is 0. The minimum absolute atomic E-state index is 0.578. The smallest absolute Gasteiger partial charge is 0.00363 e. The number of hydrogen-bond donors (Lipinski definition) is 2. The first kappa shape index (κ1) is 12.0. The predicted octanol–water partition coefficient (Wildman–Crippen LogP) is 2.15. The van der Waals surface area contributed by atoms with Gasteiger partial charge in [0.05, 0.1) is 0 Å². The van der Waals surface area contributed by atoms with E-state index >= 15 is 0 Å². The third kappa shape index (κ3) is 3.25. The molecule has 1 saturated heterocycles. The van der Waals surface area contributed by atoms with E-state index in [-0.39, 0.29) is 0 Å². The molecule has 0 bridgehead atoms. The molecular formula is C12H26N2. The highest BCUT2D eigenvalue weighted by atomic mass is 14.9. The van der Waals surface area contributed by atoms with E-state index in [4.69, 9.17) is 0 Å². The van der Waals surface area contributed by atoms with Gasteiger partial charge in [0.1, 0.15) is 0 Å². The van der Waals surface area contributed by atoms with Gasteiger partial charge in [-0.25, -0.2) is 0 Å². The molecule has 0 spiro atoms. The van der Waals surface area contributed by atoms with Gasteiger partial charge in [-0.2, -0.15) is 0 Å². The van der Waals surface area contributed by atoms with Crippen LogP contribution in [0.15, 0.2) is 0 Å². The van der Waals surface area contributed by atoms with Gasteiger partial charge in [-0.3, -0.25) is 0 Å². The number of rotatable bonds is 5. The molecule has 1 fully saturated rings. The molecule has 1 rings (SSSR count). The minimum Gasteiger partial charge on any atom is -0.317 e. The molecule has 84 valence electrons. The molecule has 2 heteroatoms. The molecule has 14 heavy (non-hydrogen) atoms. The first-order valence-electron chi connectivity index (χ1n) is 6.16.